The van der Waals surface area contributed by atoms with Gasteiger partial charge in [0.2, 0.25) is 5.91 Å². The monoisotopic (exact) mass is 446 g/mol. The number of hydrogen-bond donors (Lipinski definition) is 5. The fourth-order valence-corrected chi connectivity index (χ4v) is 3.69. The van der Waals surface area contributed by atoms with Gasteiger partial charge in [-0.1, -0.05) is 48.5 Å². The lowest BCUT2D eigenvalue weighted by atomic mass is 10.0. The summed E-state index contributed by atoms with van der Waals surface area (Å²) >= 11 is 0. The molecule has 0 aliphatic heterocycles. The molecule has 2 aromatic carbocycles. The zero-order valence-corrected chi connectivity index (χ0v) is 18.2. The highest BCUT2D eigenvalue weighted by Crippen LogP contribution is 2.18. The fourth-order valence-electron chi connectivity index (χ4n) is 3.69. The van der Waals surface area contributed by atoms with Crippen molar-refractivity contribution < 1.29 is 9.59 Å². The van der Waals surface area contributed by atoms with Crippen LogP contribution in [0.3, 0.4) is 0 Å². The minimum Gasteiger partial charge on any atom is -0.361 e. The molecule has 9 nitrogen and oxygen atoms in total. The first-order chi connectivity index (χ1) is 15.9. The maximum atomic E-state index is 12.7. The van der Waals surface area contributed by atoms with Crippen LogP contribution in [-0.2, 0) is 22.4 Å². The molecular formula is C24H26N6O3. The Balaban J connectivity index is 1.37. The lowest BCUT2D eigenvalue weighted by Crippen LogP contribution is -2.51. The lowest BCUT2D eigenvalue weighted by Gasteiger charge is -2.18. The predicted octanol–water partition coefficient (Wildman–Crippen LogP) is 1.39. The molecule has 2 amide bonds. The van der Waals surface area contributed by atoms with Crippen molar-refractivity contribution in [2.24, 2.45) is 5.73 Å². The van der Waals surface area contributed by atoms with Crippen molar-refractivity contribution in [2.75, 3.05) is 5.43 Å². The molecule has 0 saturated heterocycles. The van der Waals surface area contributed by atoms with E-state index in [0.717, 1.165) is 26.7 Å². The molecule has 9 heteroatoms. The van der Waals surface area contributed by atoms with E-state index in [0.29, 0.717) is 18.5 Å². The fraction of sp³-hybridized carbons (Fsp3) is 0.208. The third kappa shape index (κ3) is 5.04. The highest BCUT2D eigenvalue weighted by molar-refractivity contribution is 5.93. The quantitative estimate of drug-likeness (QED) is 0.279. The Bertz CT molecular complexity index is 1320. The van der Waals surface area contributed by atoms with E-state index >= 15 is 0 Å². The minimum absolute atomic E-state index is 0.322. The molecule has 0 saturated carbocycles. The molecular weight excluding hydrogens is 420 g/mol. The number of rotatable bonds is 8. The molecule has 4 aromatic rings. The number of hydrogen-bond acceptors (Lipinski definition) is 4. The number of H-pyrrole nitrogens is 2. The first-order valence-electron chi connectivity index (χ1n) is 10.7. The van der Waals surface area contributed by atoms with Crippen LogP contribution >= 0.6 is 0 Å². The third-order valence-corrected chi connectivity index (χ3v) is 5.51. The van der Waals surface area contributed by atoms with E-state index in [2.05, 4.69) is 20.7 Å². The van der Waals surface area contributed by atoms with Gasteiger partial charge in [0, 0.05) is 29.7 Å². The average molecular weight is 447 g/mol. The average Bonchev–Trinajstić information content (AvgIpc) is 3.38. The second kappa shape index (κ2) is 9.58. The van der Waals surface area contributed by atoms with Crippen molar-refractivity contribution in [3.63, 3.8) is 0 Å². The Morgan fingerprint density at radius 2 is 1.73 bits per heavy atom. The number of carbonyl (C=O) groups is 2. The second-order valence-corrected chi connectivity index (χ2v) is 7.96. The van der Waals surface area contributed by atoms with Gasteiger partial charge in [-0.05, 0) is 30.5 Å². The van der Waals surface area contributed by atoms with Crippen molar-refractivity contribution in [1.29, 1.82) is 0 Å². The lowest BCUT2D eigenvalue weighted by molar-refractivity contribution is -0.127. The number of nitrogens with zero attached hydrogens (tertiary/aromatic N) is 1. The van der Waals surface area contributed by atoms with Crippen LogP contribution in [0, 0.1) is 0 Å². The number of imidazole rings is 1. The van der Waals surface area contributed by atoms with Gasteiger partial charge in [-0.15, -0.1) is 0 Å². The summed E-state index contributed by atoms with van der Waals surface area (Å²) in [6.07, 6.45) is 4.16. The topological polar surface area (TPSA) is 138 Å². The van der Waals surface area contributed by atoms with Gasteiger partial charge in [-0.2, -0.15) is 0 Å². The second-order valence-electron chi connectivity index (χ2n) is 7.96. The molecule has 0 radical (unpaired) electrons. The highest BCUT2D eigenvalue weighted by Gasteiger charge is 2.22. The molecule has 6 N–H and O–H groups in total. The standard InChI is InChI=1S/C24H26N6O3/c1-15(28-23(32)20(25)12-17-13-26-21-10-6-5-9-19(17)21)22(31)29-30-18(14-27-24(30)33)11-16-7-3-2-4-8-16/h2-10,13-15,20,26H,11-12,25H2,1H3,(H,27,33)(H,28,32)(H,29,31)/t15-,20+/m0/s1. The number of aromatic amines is 2. The summed E-state index contributed by atoms with van der Waals surface area (Å²) in [4.78, 5) is 43.2. The van der Waals surface area contributed by atoms with Gasteiger partial charge >= 0.3 is 5.69 Å². The number of aromatic nitrogens is 3. The summed E-state index contributed by atoms with van der Waals surface area (Å²) in [5.74, 6) is -0.979. The van der Waals surface area contributed by atoms with E-state index in [9.17, 15) is 14.4 Å². The molecule has 0 aliphatic carbocycles. The van der Waals surface area contributed by atoms with E-state index in [4.69, 9.17) is 5.73 Å². The zero-order chi connectivity index (χ0) is 23.4. The minimum atomic E-state index is -0.891. The summed E-state index contributed by atoms with van der Waals surface area (Å²) < 4.78 is 1.16. The van der Waals surface area contributed by atoms with Gasteiger partial charge in [0.1, 0.15) is 6.04 Å². The summed E-state index contributed by atoms with van der Waals surface area (Å²) in [7, 11) is 0. The van der Waals surface area contributed by atoms with E-state index in [1.807, 2.05) is 60.8 Å². The van der Waals surface area contributed by atoms with Crippen molar-refractivity contribution in [1.82, 2.24) is 20.0 Å². The van der Waals surface area contributed by atoms with Crippen LogP contribution in [0.15, 0.2) is 71.8 Å². The van der Waals surface area contributed by atoms with Crippen LogP contribution < -0.4 is 22.2 Å². The first kappa shape index (κ1) is 22.1. The number of amides is 2. The third-order valence-electron chi connectivity index (χ3n) is 5.51. The van der Waals surface area contributed by atoms with Gasteiger partial charge in [0.15, 0.2) is 0 Å². The predicted molar refractivity (Wildman–Crippen MR) is 126 cm³/mol. The SMILES string of the molecule is C[C@H](NC(=O)[C@H](N)Cc1c[nH]c2ccccc12)C(=O)Nn1c(Cc2ccccc2)c[nH]c1=O. The normalized spacial score (nSPS) is 12.9. The highest BCUT2D eigenvalue weighted by atomic mass is 16.2. The molecule has 2 aromatic heterocycles. The summed E-state index contributed by atoms with van der Waals surface area (Å²) in [5, 5.41) is 3.63. The molecule has 4 rings (SSSR count). The Morgan fingerprint density at radius 3 is 2.52 bits per heavy atom. The number of fused-ring (bicyclic) bond motifs is 1. The van der Waals surface area contributed by atoms with E-state index in [1.54, 1.807) is 13.1 Å². The number of nitrogens with two attached hydrogens (primary N) is 1. The number of para-hydroxylation sites is 1. The Labute approximate surface area is 190 Å². The van der Waals surface area contributed by atoms with Crippen LogP contribution in [-0.4, -0.2) is 38.5 Å². The van der Waals surface area contributed by atoms with Gasteiger partial charge < -0.3 is 21.0 Å². The van der Waals surface area contributed by atoms with Crippen molar-refractivity contribution in [3.8, 4) is 0 Å². The summed E-state index contributed by atoms with van der Waals surface area (Å²) in [6.45, 7) is 1.54. The van der Waals surface area contributed by atoms with Crippen LogP contribution in [0.4, 0.5) is 0 Å². The van der Waals surface area contributed by atoms with Crippen molar-refractivity contribution >= 4 is 22.7 Å². The van der Waals surface area contributed by atoms with Gasteiger partial charge in [0.05, 0.1) is 11.7 Å². The van der Waals surface area contributed by atoms with E-state index in [1.165, 1.54) is 0 Å². The molecule has 2 atom stereocenters. The summed E-state index contributed by atoms with van der Waals surface area (Å²) in [5.41, 5.74) is 11.7. The van der Waals surface area contributed by atoms with E-state index in [-0.39, 0.29) is 0 Å². The van der Waals surface area contributed by atoms with Crippen LogP contribution in [0.2, 0.25) is 0 Å². The largest absolute Gasteiger partial charge is 0.361 e. The van der Waals surface area contributed by atoms with Crippen molar-refractivity contribution in [2.45, 2.75) is 31.8 Å². The molecule has 2 heterocycles. The molecule has 0 unspecified atom stereocenters. The Morgan fingerprint density at radius 1 is 1.00 bits per heavy atom. The number of carbonyl (C=O) groups excluding carboxylic acids is 2. The summed E-state index contributed by atoms with van der Waals surface area (Å²) in [6, 6.07) is 15.6. The van der Waals surface area contributed by atoms with Crippen LogP contribution in [0.25, 0.3) is 10.9 Å². The van der Waals surface area contributed by atoms with Crippen molar-refractivity contribution in [3.05, 3.63) is 94.3 Å². The maximum Gasteiger partial charge on any atom is 0.344 e. The smallest absolute Gasteiger partial charge is 0.344 e. The Kier molecular flexibility index (Phi) is 6.41. The van der Waals surface area contributed by atoms with Gasteiger partial charge in [0.25, 0.3) is 5.91 Å². The maximum absolute atomic E-state index is 12.7. The van der Waals surface area contributed by atoms with E-state index < -0.39 is 29.6 Å². The Hall–Kier alpha value is -4.11. The molecule has 170 valence electrons. The molecule has 0 bridgehead atoms. The molecule has 0 fully saturated rings. The molecule has 0 aliphatic rings. The first-order valence-corrected chi connectivity index (χ1v) is 10.7. The molecule has 0 spiro atoms. The van der Waals surface area contributed by atoms with Gasteiger partial charge in [-0.3, -0.25) is 15.0 Å². The number of benzene rings is 2. The van der Waals surface area contributed by atoms with Crippen LogP contribution in [0.5, 0.6) is 0 Å². The zero-order valence-electron chi connectivity index (χ0n) is 18.2. The number of nitrogens with one attached hydrogen (secondary N) is 4. The molecule has 33 heavy (non-hydrogen) atoms. The van der Waals surface area contributed by atoms with Crippen LogP contribution in [0.1, 0.15) is 23.7 Å². The van der Waals surface area contributed by atoms with Gasteiger partial charge in [-0.25, -0.2) is 9.47 Å².